The van der Waals surface area contributed by atoms with E-state index >= 15 is 0 Å². The van der Waals surface area contributed by atoms with Crippen molar-refractivity contribution in [2.75, 3.05) is 49.5 Å². The van der Waals surface area contributed by atoms with E-state index in [1.54, 1.807) is 0 Å². The van der Waals surface area contributed by atoms with Gasteiger partial charge in [0.2, 0.25) is 5.28 Å². The Balaban J connectivity index is 1.30. The van der Waals surface area contributed by atoms with Crippen LogP contribution >= 0.6 is 23.2 Å². The second kappa shape index (κ2) is 8.47. The number of pyridine rings is 1. The summed E-state index contributed by atoms with van der Waals surface area (Å²) in [6.07, 6.45) is 1.81. The van der Waals surface area contributed by atoms with E-state index in [9.17, 15) is 0 Å². The molecule has 2 aromatic heterocycles. The summed E-state index contributed by atoms with van der Waals surface area (Å²) in [6, 6.07) is 9.80. The van der Waals surface area contributed by atoms with Crippen LogP contribution < -0.4 is 10.2 Å². The van der Waals surface area contributed by atoms with Gasteiger partial charge in [-0.05, 0) is 42.8 Å². The van der Waals surface area contributed by atoms with E-state index in [0.29, 0.717) is 10.3 Å². The van der Waals surface area contributed by atoms with Crippen molar-refractivity contribution in [2.24, 2.45) is 0 Å². The highest BCUT2D eigenvalue weighted by Gasteiger charge is 2.18. The highest BCUT2D eigenvalue weighted by molar-refractivity contribution is 6.31. The SMILES string of the molecule is Cc1cc(N2CCN(CCNc3ccnc4cc(Cl)ccc34)CC2)nc(Cl)n1. The lowest BCUT2D eigenvalue weighted by Crippen LogP contribution is -2.48. The van der Waals surface area contributed by atoms with Crippen LogP contribution in [-0.2, 0) is 0 Å². The lowest BCUT2D eigenvalue weighted by atomic mass is 10.2. The Morgan fingerprint density at radius 3 is 2.64 bits per heavy atom. The molecule has 6 nitrogen and oxygen atoms in total. The Morgan fingerprint density at radius 1 is 1.04 bits per heavy atom. The highest BCUT2D eigenvalue weighted by Crippen LogP contribution is 2.24. The molecular formula is C20H22Cl2N6. The van der Waals surface area contributed by atoms with Crippen LogP contribution in [0.4, 0.5) is 11.5 Å². The van der Waals surface area contributed by atoms with Gasteiger partial charge < -0.3 is 10.2 Å². The van der Waals surface area contributed by atoms with Gasteiger partial charge in [-0.25, -0.2) is 9.97 Å². The number of benzene rings is 1. The fourth-order valence-corrected chi connectivity index (χ4v) is 3.89. The van der Waals surface area contributed by atoms with Gasteiger partial charge in [0.25, 0.3) is 0 Å². The maximum absolute atomic E-state index is 6.06. The average molecular weight is 417 g/mol. The Morgan fingerprint density at radius 2 is 1.86 bits per heavy atom. The number of aryl methyl sites for hydroxylation is 1. The van der Waals surface area contributed by atoms with Gasteiger partial charge in [-0.15, -0.1) is 0 Å². The molecule has 1 aliphatic rings. The standard InChI is InChI=1S/C20H22Cl2N6/c1-14-12-19(26-20(22)25-14)28-10-8-27(9-11-28)7-6-24-17-4-5-23-18-13-15(21)2-3-16(17)18/h2-5,12-13H,6-11H2,1H3,(H,23,24). The van der Waals surface area contributed by atoms with Crippen molar-refractivity contribution < 1.29 is 0 Å². The van der Waals surface area contributed by atoms with Crippen LogP contribution in [0.5, 0.6) is 0 Å². The second-order valence-electron chi connectivity index (χ2n) is 6.91. The monoisotopic (exact) mass is 416 g/mol. The summed E-state index contributed by atoms with van der Waals surface area (Å²) in [5, 5.41) is 5.64. The molecule has 1 fully saturated rings. The van der Waals surface area contributed by atoms with Crippen molar-refractivity contribution >= 4 is 45.6 Å². The Hall–Kier alpha value is -2.15. The van der Waals surface area contributed by atoms with Gasteiger partial charge in [0, 0.05) is 73.3 Å². The maximum atomic E-state index is 6.06. The topological polar surface area (TPSA) is 57.2 Å². The van der Waals surface area contributed by atoms with Crippen LogP contribution in [0.3, 0.4) is 0 Å². The van der Waals surface area contributed by atoms with E-state index < -0.39 is 0 Å². The number of hydrogen-bond acceptors (Lipinski definition) is 6. The summed E-state index contributed by atoms with van der Waals surface area (Å²) in [4.78, 5) is 17.6. The molecule has 0 atom stereocenters. The van der Waals surface area contributed by atoms with Crippen LogP contribution in [0.25, 0.3) is 10.9 Å². The number of fused-ring (bicyclic) bond motifs is 1. The van der Waals surface area contributed by atoms with E-state index in [4.69, 9.17) is 23.2 Å². The maximum Gasteiger partial charge on any atom is 0.224 e. The number of anilines is 2. The van der Waals surface area contributed by atoms with Crippen LogP contribution in [0.15, 0.2) is 36.5 Å². The summed E-state index contributed by atoms with van der Waals surface area (Å²) < 4.78 is 0. The first-order valence-corrected chi connectivity index (χ1v) is 10.1. The summed E-state index contributed by atoms with van der Waals surface area (Å²) >= 11 is 12.1. The molecule has 28 heavy (non-hydrogen) atoms. The number of nitrogens with zero attached hydrogens (tertiary/aromatic N) is 5. The van der Waals surface area contributed by atoms with Crippen molar-refractivity contribution in [1.82, 2.24) is 19.9 Å². The fourth-order valence-electron chi connectivity index (χ4n) is 3.50. The van der Waals surface area contributed by atoms with Crippen LogP contribution in [0.1, 0.15) is 5.69 Å². The molecule has 146 valence electrons. The van der Waals surface area contributed by atoms with Gasteiger partial charge in [-0.1, -0.05) is 11.6 Å². The minimum atomic E-state index is 0.312. The zero-order chi connectivity index (χ0) is 19.5. The molecule has 0 amide bonds. The van der Waals surface area contributed by atoms with Gasteiger partial charge in [0.1, 0.15) is 5.82 Å². The van der Waals surface area contributed by atoms with E-state index in [2.05, 4.69) is 30.1 Å². The molecule has 0 bridgehead atoms. The number of rotatable bonds is 5. The van der Waals surface area contributed by atoms with Gasteiger partial charge in [-0.3, -0.25) is 9.88 Å². The third-order valence-corrected chi connectivity index (χ3v) is 5.36. The molecule has 0 saturated carbocycles. The molecular weight excluding hydrogens is 395 g/mol. The Labute approximate surface area is 174 Å². The molecule has 4 rings (SSSR count). The molecule has 0 spiro atoms. The Kier molecular flexibility index (Phi) is 5.80. The number of nitrogens with one attached hydrogen (secondary N) is 1. The molecule has 1 N–H and O–H groups in total. The average Bonchev–Trinajstić information content (AvgIpc) is 2.67. The predicted octanol–water partition coefficient (Wildman–Crippen LogP) is 3.87. The largest absolute Gasteiger partial charge is 0.383 e. The highest BCUT2D eigenvalue weighted by atomic mass is 35.5. The normalized spacial score (nSPS) is 15.2. The smallest absolute Gasteiger partial charge is 0.224 e. The minimum absolute atomic E-state index is 0.312. The molecule has 1 aromatic carbocycles. The number of halogens is 2. The molecule has 0 unspecified atom stereocenters. The molecule has 1 saturated heterocycles. The predicted molar refractivity (Wildman–Crippen MR) is 116 cm³/mol. The van der Waals surface area contributed by atoms with Gasteiger partial charge in [0.15, 0.2) is 0 Å². The number of aromatic nitrogens is 3. The second-order valence-corrected chi connectivity index (χ2v) is 7.69. The third kappa shape index (κ3) is 4.46. The van der Waals surface area contributed by atoms with Crippen molar-refractivity contribution in [3.05, 3.63) is 52.5 Å². The lowest BCUT2D eigenvalue weighted by molar-refractivity contribution is 0.266. The summed E-state index contributed by atoms with van der Waals surface area (Å²) in [5.41, 5.74) is 2.89. The van der Waals surface area contributed by atoms with Gasteiger partial charge >= 0.3 is 0 Å². The van der Waals surface area contributed by atoms with E-state index in [-0.39, 0.29) is 0 Å². The first-order chi connectivity index (χ1) is 13.6. The van der Waals surface area contributed by atoms with Crippen molar-refractivity contribution in [3.63, 3.8) is 0 Å². The van der Waals surface area contributed by atoms with Crippen LogP contribution in [0, 0.1) is 6.92 Å². The summed E-state index contributed by atoms with van der Waals surface area (Å²) in [5.74, 6) is 0.914. The molecule has 0 aliphatic carbocycles. The Bertz CT molecular complexity index is 952. The number of piperazine rings is 1. The molecule has 3 heterocycles. The summed E-state index contributed by atoms with van der Waals surface area (Å²) in [7, 11) is 0. The molecule has 1 aliphatic heterocycles. The molecule has 8 heteroatoms. The minimum Gasteiger partial charge on any atom is -0.383 e. The zero-order valence-corrected chi connectivity index (χ0v) is 17.2. The first-order valence-electron chi connectivity index (χ1n) is 9.35. The zero-order valence-electron chi connectivity index (χ0n) is 15.7. The lowest BCUT2D eigenvalue weighted by Gasteiger charge is -2.35. The third-order valence-electron chi connectivity index (χ3n) is 4.96. The van der Waals surface area contributed by atoms with Crippen molar-refractivity contribution in [3.8, 4) is 0 Å². The molecule has 0 radical (unpaired) electrons. The van der Waals surface area contributed by atoms with E-state index in [1.807, 2.05) is 43.5 Å². The number of hydrogen-bond donors (Lipinski definition) is 1. The van der Waals surface area contributed by atoms with Crippen LogP contribution in [-0.4, -0.2) is 59.1 Å². The van der Waals surface area contributed by atoms with Gasteiger partial charge in [0.05, 0.1) is 5.52 Å². The van der Waals surface area contributed by atoms with E-state index in [1.165, 1.54) is 0 Å². The quantitative estimate of drug-likeness (QED) is 0.636. The van der Waals surface area contributed by atoms with Crippen molar-refractivity contribution in [1.29, 1.82) is 0 Å². The van der Waals surface area contributed by atoms with Crippen molar-refractivity contribution in [2.45, 2.75) is 6.92 Å². The van der Waals surface area contributed by atoms with E-state index in [0.717, 1.165) is 67.4 Å². The fraction of sp³-hybridized carbons (Fsp3) is 0.350. The summed E-state index contributed by atoms with van der Waals surface area (Å²) in [6.45, 7) is 7.65. The van der Waals surface area contributed by atoms with Crippen LogP contribution in [0.2, 0.25) is 10.3 Å². The first kappa shape index (κ1) is 19.2. The molecule has 3 aromatic rings. The van der Waals surface area contributed by atoms with Gasteiger partial charge in [-0.2, -0.15) is 0 Å².